The Hall–Kier alpha value is -2.25. The van der Waals surface area contributed by atoms with Crippen LogP contribution in [0.25, 0.3) is 0 Å². The van der Waals surface area contributed by atoms with Crippen LogP contribution < -0.4 is 10.3 Å². The number of hydrogen-bond acceptors (Lipinski definition) is 3. The van der Waals surface area contributed by atoms with Crippen LogP contribution in [0.15, 0.2) is 18.7 Å². The first kappa shape index (κ1) is 9.84. The van der Waals surface area contributed by atoms with Crippen LogP contribution >= 0.6 is 0 Å². The van der Waals surface area contributed by atoms with Gasteiger partial charge in [0.1, 0.15) is 13.0 Å². The fraction of sp³-hybridized carbons (Fsp3) is 0.167. The van der Waals surface area contributed by atoms with Crippen molar-refractivity contribution < 1.29 is 19.8 Å². The number of rotatable bonds is 3. The fourth-order valence-corrected chi connectivity index (χ4v) is 0.785. The summed E-state index contributed by atoms with van der Waals surface area (Å²) in [7, 11) is 0. The van der Waals surface area contributed by atoms with Gasteiger partial charge < -0.3 is 15.5 Å². The lowest BCUT2D eigenvalue weighted by atomic mass is 10.8. The number of carbonyl (C=O) groups is 2. The van der Waals surface area contributed by atoms with E-state index in [4.69, 9.17) is 10.2 Å². The molecule has 0 fully saturated rings. The summed E-state index contributed by atoms with van der Waals surface area (Å²) in [5.41, 5.74) is 0. The molecule has 0 aliphatic heterocycles. The van der Waals surface area contributed by atoms with E-state index in [9.17, 15) is 9.59 Å². The lowest BCUT2D eigenvalue weighted by Crippen LogP contribution is -2.46. The number of carboxylic acid groups (broad SMARTS) is 2. The standard InChI is InChI=1S/C6H8N4O4/c11-5(12)8-4-10(6(13)14)9-2-1-7-3-9/h1-3,8H,4H2,(H,11,12)(H,13,14). The molecule has 1 heterocycles. The molecule has 0 spiro atoms. The second kappa shape index (κ2) is 4.12. The maximum absolute atomic E-state index is 10.7. The van der Waals surface area contributed by atoms with Gasteiger partial charge in [-0.05, 0) is 0 Å². The minimum absolute atomic E-state index is 0.360. The van der Waals surface area contributed by atoms with Crippen molar-refractivity contribution in [2.24, 2.45) is 0 Å². The van der Waals surface area contributed by atoms with E-state index in [2.05, 4.69) is 4.98 Å². The van der Waals surface area contributed by atoms with E-state index in [0.29, 0.717) is 0 Å². The summed E-state index contributed by atoms with van der Waals surface area (Å²) < 4.78 is 1.15. The molecule has 0 unspecified atom stereocenters. The summed E-state index contributed by atoms with van der Waals surface area (Å²) in [6.45, 7) is -0.360. The third-order valence-corrected chi connectivity index (χ3v) is 1.37. The highest BCUT2D eigenvalue weighted by Gasteiger charge is 2.13. The molecule has 8 nitrogen and oxygen atoms in total. The van der Waals surface area contributed by atoms with E-state index in [0.717, 1.165) is 9.69 Å². The Morgan fingerprint density at radius 1 is 1.50 bits per heavy atom. The largest absolute Gasteiger partial charge is 0.465 e. The third kappa shape index (κ3) is 2.37. The Morgan fingerprint density at radius 3 is 2.64 bits per heavy atom. The van der Waals surface area contributed by atoms with E-state index >= 15 is 0 Å². The summed E-state index contributed by atoms with van der Waals surface area (Å²) in [5, 5.41) is 19.7. The lowest BCUT2D eigenvalue weighted by Gasteiger charge is -2.18. The van der Waals surface area contributed by atoms with Crippen molar-refractivity contribution in [2.75, 3.05) is 11.7 Å². The lowest BCUT2D eigenvalue weighted by molar-refractivity contribution is 0.186. The molecule has 0 saturated carbocycles. The Labute approximate surface area is 78.4 Å². The molecule has 3 N–H and O–H groups in total. The van der Waals surface area contributed by atoms with Gasteiger partial charge in [-0.3, -0.25) is 0 Å². The Morgan fingerprint density at radius 2 is 2.21 bits per heavy atom. The van der Waals surface area contributed by atoms with Crippen LogP contribution in [0.1, 0.15) is 0 Å². The van der Waals surface area contributed by atoms with Gasteiger partial charge >= 0.3 is 12.2 Å². The van der Waals surface area contributed by atoms with Crippen molar-refractivity contribution in [1.82, 2.24) is 15.0 Å². The number of nitrogens with zero attached hydrogens (tertiary/aromatic N) is 3. The van der Waals surface area contributed by atoms with Gasteiger partial charge in [0.2, 0.25) is 0 Å². The van der Waals surface area contributed by atoms with Gasteiger partial charge in [-0.2, -0.15) is 5.01 Å². The summed E-state index contributed by atoms with van der Waals surface area (Å²) in [6, 6.07) is 0. The third-order valence-electron chi connectivity index (χ3n) is 1.37. The molecule has 0 saturated heterocycles. The normalized spacial score (nSPS) is 9.43. The molecule has 2 amide bonds. The van der Waals surface area contributed by atoms with Crippen molar-refractivity contribution in [2.45, 2.75) is 0 Å². The fourth-order valence-electron chi connectivity index (χ4n) is 0.785. The van der Waals surface area contributed by atoms with E-state index in [1.54, 1.807) is 0 Å². The number of hydrogen-bond donors (Lipinski definition) is 3. The van der Waals surface area contributed by atoms with E-state index in [1.165, 1.54) is 18.7 Å². The smallest absolute Gasteiger partial charge is 0.428 e. The van der Waals surface area contributed by atoms with Crippen molar-refractivity contribution in [1.29, 1.82) is 0 Å². The average molecular weight is 200 g/mol. The zero-order valence-corrected chi connectivity index (χ0v) is 6.99. The molecule has 1 aromatic heterocycles. The van der Waals surface area contributed by atoms with E-state index < -0.39 is 12.2 Å². The molecule has 14 heavy (non-hydrogen) atoms. The number of imidazole rings is 1. The second-order valence-electron chi connectivity index (χ2n) is 2.26. The van der Waals surface area contributed by atoms with Gasteiger partial charge in [-0.1, -0.05) is 0 Å². The molecular formula is C6H8N4O4. The van der Waals surface area contributed by atoms with E-state index in [1.807, 2.05) is 5.32 Å². The minimum Gasteiger partial charge on any atom is -0.465 e. The topological polar surface area (TPSA) is 108 Å². The average Bonchev–Trinajstić information content (AvgIpc) is 2.56. The molecule has 0 radical (unpaired) electrons. The van der Waals surface area contributed by atoms with Crippen molar-refractivity contribution in [3.63, 3.8) is 0 Å². The molecule has 1 rings (SSSR count). The maximum atomic E-state index is 10.7. The number of nitrogens with one attached hydrogen (secondary N) is 1. The van der Waals surface area contributed by atoms with Gasteiger partial charge in [-0.15, -0.1) is 0 Å². The molecule has 0 aliphatic carbocycles. The predicted octanol–water partition coefficient (Wildman–Crippen LogP) is -0.276. The quantitative estimate of drug-likeness (QED) is 0.582. The molecule has 1 aromatic rings. The maximum Gasteiger partial charge on any atom is 0.428 e. The van der Waals surface area contributed by atoms with Crippen LogP contribution in [-0.4, -0.2) is 38.7 Å². The van der Waals surface area contributed by atoms with Gasteiger partial charge in [0.25, 0.3) is 0 Å². The summed E-state index contributed by atoms with van der Waals surface area (Å²) in [6.07, 6.45) is 1.44. The monoisotopic (exact) mass is 200 g/mol. The first-order valence-corrected chi connectivity index (χ1v) is 3.56. The van der Waals surface area contributed by atoms with Gasteiger partial charge in [0.15, 0.2) is 0 Å². The number of aromatic nitrogens is 2. The molecular weight excluding hydrogens is 192 g/mol. The molecule has 0 bridgehead atoms. The molecule has 0 aliphatic rings. The Balaban J connectivity index is 2.66. The van der Waals surface area contributed by atoms with Crippen LogP contribution in [0.2, 0.25) is 0 Å². The Kier molecular flexibility index (Phi) is 2.89. The molecule has 0 atom stereocenters. The first-order valence-electron chi connectivity index (χ1n) is 3.56. The summed E-state index contributed by atoms with van der Waals surface area (Å²) in [5.74, 6) is 0. The van der Waals surface area contributed by atoms with Crippen molar-refractivity contribution >= 4 is 12.2 Å². The highest BCUT2D eigenvalue weighted by Crippen LogP contribution is 1.90. The van der Waals surface area contributed by atoms with Crippen molar-refractivity contribution in [3.8, 4) is 0 Å². The summed E-state index contributed by atoms with van der Waals surface area (Å²) in [4.78, 5) is 24.4. The predicted molar refractivity (Wildman–Crippen MR) is 44.5 cm³/mol. The zero-order chi connectivity index (χ0) is 10.6. The minimum atomic E-state index is -1.30. The van der Waals surface area contributed by atoms with Gasteiger partial charge in [-0.25, -0.2) is 19.2 Å². The van der Waals surface area contributed by atoms with Crippen LogP contribution in [-0.2, 0) is 0 Å². The number of amides is 2. The van der Waals surface area contributed by atoms with Crippen LogP contribution in [0.5, 0.6) is 0 Å². The second-order valence-corrected chi connectivity index (χ2v) is 2.26. The van der Waals surface area contributed by atoms with Crippen LogP contribution in [0.3, 0.4) is 0 Å². The highest BCUT2D eigenvalue weighted by molar-refractivity contribution is 5.77. The zero-order valence-electron chi connectivity index (χ0n) is 6.99. The van der Waals surface area contributed by atoms with Gasteiger partial charge in [0.05, 0.1) is 0 Å². The molecule has 76 valence electrons. The summed E-state index contributed by atoms with van der Waals surface area (Å²) >= 11 is 0. The van der Waals surface area contributed by atoms with Crippen LogP contribution in [0, 0.1) is 0 Å². The molecule has 0 aromatic carbocycles. The molecule has 8 heteroatoms. The SMILES string of the molecule is O=C(O)NCN(C(=O)O)n1ccnc1. The van der Waals surface area contributed by atoms with Gasteiger partial charge in [0, 0.05) is 12.4 Å². The van der Waals surface area contributed by atoms with E-state index in [-0.39, 0.29) is 6.67 Å². The first-order chi connectivity index (χ1) is 6.61. The van der Waals surface area contributed by atoms with Crippen LogP contribution in [0.4, 0.5) is 9.59 Å². The van der Waals surface area contributed by atoms with Crippen molar-refractivity contribution in [3.05, 3.63) is 18.7 Å². The Bertz CT molecular complexity index is 323. The highest BCUT2D eigenvalue weighted by atomic mass is 16.4.